The molecule has 0 saturated heterocycles. The highest BCUT2D eigenvalue weighted by Gasteiger charge is 2.21. The van der Waals surface area contributed by atoms with Gasteiger partial charge in [-0.1, -0.05) is 70.4 Å². The van der Waals surface area contributed by atoms with Gasteiger partial charge in [0.05, 0.1) is 21.1 Å². The minimum absolute atomic E-state index is 0.218. The maximum atomic E-state index is 12.2. The van der Waals surface area contributed by atoms with Gasteiger partial charge in [0.1, 0.15) is 12.6 Å². The van der Waals surface area contributed by atoms with E-state index >= 15 is 0 Å². The number of hydrogen-bond donors (Lipinski definition) is 0. The molecule has 0 aliphatic carbocycles. The van der Waals surface area contributed by atoms with Crippen molar-refractivity contribution in [3.63, 3.8) is 0 Å². The van der Waals surface area contributed by atoms with Gasteiger partial charge in [-0.15, -0.1) is 0 Å². The maximum Gasteiger partial charge on any atom is 0.164 e. The zero-order chi connectivity index (χ0) is 20.4. The van der Waals surface area contributed by atoms with Crippen molar-refractivity contribution in [3.05, 3.63) is 12.2 Å². The number of hydrogen-bond acceptors (Lipinski definition) is 2. The van der Waals surface area contributed by atoms with Crippen LogP contribution in [0.1, 0.15) is 96.8 Å². The highest BCUT2D eigenvalue weighted by atomic mass is 31.0. The Balaban J connectivity index is 3.48. The lowest BCUT2D eigenvalue weighted by Gasteiger charge is -2.30. The normalized spacial score (nSPS) is 13.4. The van der Waals surface area contributed by atoms with Crippen LogP contribution < -0.4 is 0 Å². The van der Waals surface area contributed by atoms with Gasteiger partial charge in [0.2, 0.25) is 0 Å². The third-order valence-corrected chi connectivity index (χ3v) is 5.18. The topological polar surface area (TPSA) is 26.3 Å². The van der Waals surface area contributed by atoms with Crippen molar-refractivity contribution in [3.8, 4) is 0 Å². The average Bonchev–Trinajstić information content (AvgIpc) is 2.62. The fourth-order valence-electron chi connectivity index (χ4n) is 3.23. The standard InChI is InChI=1S/C23H46NO2P/c1-5-6-7-8-9-10-11-12-13-14-15-16-17-18-19-20-22(25)23(26-27)21-24(2,3)4/h12-13,23,27H,5-11,14-21H2,1-4H3/b13-12-. The SMILES string of the molecule is CCCCCCCC/C=C\CCCCCCCC(=O)C(C[N+](C)(C)C)O[PH-]. The monoisotopic (exact) mass is 399 g/mol. The van der Waals surface area contributed by atoms with Gasteiger partial charge in [-0.05, 0) is 32.1 Å². The molecule has 0 radical (unpaired) electrons. The Hall–Kier alpha value is -0.240. The van der Waals surface area contributed by atoms with Crippen LogP contribution in [0.2, 0.25) is 0 Å². The summed E-state index contributed by atoms with van der Waals surface area (Å²) in [5, 5.41) is 0. The summed E-state index contributed by atoms with van der Waals surface area (Å²) >= 11 is 0. The number of unbranched alkanes of at least 4 members (excludes halogenated alkanes) is 11. The first-order chi connectivity index (χ1) is 12.9. The zero-order valence-corrected chi connectivity index (χ0v) is 19.6. The smallest absolute Gasteiger partial charge is 0.164 e. The summed E-state index contributed by atoms with van der Waals surface area (Å²) in [6.07, 6.45) is 21.7. The van der Waals surface area contributed by atoms with Crippen molar-refractivity contribution in [1.29, 1.82) is 0 Å². The van der Waals surface area contributed by atoms with Crippen LogP contribution in [0.15, 0.2) is 12.2 Å². The molecule has 0 aromatic heterocycles. The fourth-order valence-corrected chi connectivity index (χ4v) is 3.44. The Labute approximate surface area is 172 Å². The number of quaternary nitrogens is 1. The number of ketones is 1. The van der Waals surface area contributed by atoms with Crippen LogP contribution in [0.25, 0.3) is 0 Å². The molecule has 0 aliphatic rings. The number of likely N-dealkylation sites (N-methyl/N-ethyl adjacent to an activating group) is 1. The van der Waals surface area contributed by atoms with E-state index in [-0.39, 0.29) is 11.9 Å². The van der Waals surface area contributed by atoms with E-state index in [1.54, 1.807) is 0 Å². The zero-order valence-electron chi connectivity index (χ0n) is 18.6. The minimum atomic E-state index is -0.335. The molecule has 0 heterocycles. The molecule has 0 N–H and O–H groups in total. The molecule has 0 aromatic rings. The van der Waals surface area contributed by atoms with Crippen molar-refractivity contribution < 1.29 is 13.8 Å². The van der Waals surface area contributed by atoms with E-state index in [1.165, 1.54) is 70.6 Å². The molecule has 0 rings (SSSR count). The van der Waals surface area contributed by atoms with Crippen LogP contribution in [0.3, 0.4) is 0 Å². The Bertz CT molecular complexity index is 377. The van der Waals surface area contributed by atoms with Gasteiger partial charge < -0.3 is 18.5 Å². The molecule has 0 saturated carbocycles. The van der Waals surface area contributed by atoms with Gasteiger partial charge in [-0.25, -0.2) is 0 Å². The molecule has 0 bridgehead atoms. The molecule has 27 heavy (non-hydrogen) atoms. The molecular weight excluding hydrogens is 353 g/mol. The summed E-state index contributed by atoms with van der Waals surface area (Å²) in [6, 6.07) is 0. The molecule has 0 aliphatic heterocycles. The number of carbonyl (C=O) groups excluding carboxylic acids is 1. The molecule has 160 valence electrons. The highest BCUT2D eigenvalue weighted by Crippen LogP contribution is 2.13. The van der Waals surface area contributed by atoms with Crippen LogP contribution in [0, 0.1) is 0 Å². The number of nitrogens with zero attached hydrogens (tertiary/aromatic N) is 1. The quantitative estimate of drug-likeness (QED) is 0.104. The van der Waals surface area contributed by atoms with Gasteiger partial charge >= 0.3 is 0 Å². The molecule has 3 nitrogen and oxygen atoms in total. The second-order valence-electron chi connectivity index (χ2n) is 8.88. The Morgan fingerprint density at radius 1 is 0.852 bits per heavy atom. The molecule has 1 unspecified atom stereocenters. The van der Waals surface area contributed by atoms with Crippen molar-refractivity contribution in [2.75, 3.05) is 27.7 Å². The third-order valence-electron chi connectivity index (χ3n) is 4.90. The Morgan fingerprint density at radius 2 is 1.33 bits per heavy atom. The summed E-state index contributed by atoms with van der Waals surface area (Å²) in [6.45, 7) is 2.97. The van der Waals surface area contributed by atoms with Crippen LogP contribution in [0.5, 0.6) is 0 Å². The third kappa shape index (κ3) is 18.9. The van der Waals surface area contributed by atoms with Crippen molar-refractivity contribution >= 4 is 15.2 Å². The first kappa shape index (κ1) is 26.8. The van der Waals surface area contributed by atoms with Crippen LogP contribution >= 0.6 is 9.47 Å². The van der Waals surface area contributed by atoms with Crippen LogP contribution in [0.4, 0.5) is 0 Å². The average molecular weight is 400 g/mol. The molecular formula is C23H46NO2P. The molecule has 0 fully saturated rings. The first-order valence-electron chi connectivity index (χ1n) is 11.2. The van der Waals surface area contributed by atoms with Crippen molar-refractivity contribution in [2.24, 2.45) is 0 Å². The van der Waals surface area contributed by atoms with Gasteiger partial charge in [0.25, 0.3) is 0 Å². The van der Waals surface area contributed by atoms with Gasteiger partial charge in [0, 0.05) is 6.42 Å². The van der Waals surface area contributed by atoms with E-state index in [1.807, 2.05) is 0 Å². The van der Waals surface area contributed by atoms with E-state index in [4.69, 9.17) is 4.52 Å². The van der Waals surface area contributed by atoms with Crippen LogP contribution in [-0.2, 0) is 9.32 Å². The van der Waals surface area contributed by atoms with Gasteiger partial charge in [0.15, 0.2) is 5.78 Å². The lowest BCUT2D eigenvalue weighted by atomic mass is 10.0. The molecule has 0 amide bonds. The Kier molecular flexibility index (Phi) is 17.7. The summed E-state index contributed by atoms with van der Waals surface area (Å²) in [5.41, 5.74) is 0. The lowest BCUT2D eigenvalue weighted by Crippen LogP contribution is -2.44. The van der Waals surface area contributed by atoms with E-state index in [2.05, 4.69) is 49.7 Å². The maximum absolute atomic E-state index is 12.2. The number of rotatable bonds is 19. The van der Waals surface area contributed by atoms with E-state index in [0.717, 1.165) is 17.3 Å². The van der Waals surface area contributed by atoms with E-state index in [0.29, 0.717) is 13.0 Å². The summed E-state index contributed by atoms with van der Waals surface area (Å²) in [4.78, 5) is 12.2. The lowest BCUT2D eigenvalue weighted by molar-refractivity contribution is -0.872. The molecule has 0 spiro atoms. The minimum Gasteiger partial charge on any atom is -0.549 e. The molecule has 0 aromatic carbocycles. The van der Waals surface area contributed by atoms with Gasteiger partial charge in [-0.3, -0.25) is 4.79 Å². The molecule has 4 heteroatoms. The largest absolute Gasteiger partial charge is 0.549 e. The predicted molar refractivity (Wildman–Crippen MR) is 121 cm³/mol. The number of allylic oxidation sites excluding steroid dienone is 2. The van der Waals surface area contributed by atoms with E-state index in [9.17, 15) is 4.79 Å². The number of carbonyl (C=O) groups is 1. The molecule has 1 atom stereocenters. The van der Waals surface area contributed by atoms with E-state index < -0.39 is 0 Å². The van der Waals surface area contributed by atoms with Gasteiger partial charge in [-0.2, -0.15) is 0 Å². The second-order valence-corrected chi connectivity index (χ2v) is 9.12. The fraction of sp³-hybridized carbons (Fsp3) is 0.870. The second kappa shape index (κ2) is 17.8. The summed E-state index contributed by atoms with van der Waals surface area (Å²) in [7, 11) is 9.30. The Morgan fingerprint density at radius 3 is 1.81 bits per heavy atom. The summed E-state index contributed by atoms with van der Waals surface area (Å²) < 4.78 is 5.93. The predicted octanol–water partition coefficient (Wildman–Crippen LogP) is 6.74. The number of Topliss-reactive ketones (excluding diaryl/α,β-unsaturated/α-hetero) is 1. The first-order valence-corrected chi connectivity index (χ1v) is 11.6. The summed E-state index contributed by atoms with van der Waals surface area (Å²) in [5.74, 6) is 0.218. The van der Waals surface area contributed by atoms with Crippen LogP contribution in [-0.4, -0.2) is 44.1 Å². The highest BCUT2D eigenvalue weighted by molar-refractivity contribution is 7.09. The van der Waals surface area contributed by atoms with Crippen molar-refractivity contribution in [1.82, 2.24) is 0 Å². The van der Waals surface area contributed by atoms with Crippen molar-refractivity contribution in [2.45, 2.75) is 103 Å².